The van der Waals surface area contributed by atoms with Crippen molar-refractivity contribution >= 4 is 22.5 Å². The summed E-state index contributed by atoms with van der Waals surface area (Å²) in [6.07, 6.45) is 3.55. The molecule has 4 aromatic rings. The molecule has 0 radical (unpaired) electrons. The number of hydrogen-bond donors (Lipinski definition) is 1. The molecule has 2 aromatic carbocycles. The lowest BCUT2D eigenvalue weighted by atomic mass is 10.2. The van der Waals surface area contributed by atoms with E-state index in [0.29, 0.717) is 5.56 Å². The molecule has 0 saturated carbocycles. The van der Waals surface area contributed by atoms with Crippen molar-refractivity contribution < 1.29 is 4.79 Å². The van der Waals surface area contributed by atoms with Gasteiger partial charge in [0.25, 0.3) is 5.91 Å². The molecule has 2 aromatic heterocycles. The largest absolute Gasteiger partial charge is 0.321 e. The van der Waals surface area contributed by atoms with E-state index in [4.69, 9.17) is 0 Å². The number of aryl methyl sites for hydroxylation is 1. The Bertz CT molecular complexity index is 1040. The number of nitrogens with zero attached hydrogens (tertiary/aromatic N) is 3. The van der Waals surface area contributed by atoms with E-state index >= 15 is 0 Å². The number of rotatable bonds is 3. The van der Waals surface area contributed by atoms with E-state index in [-0.39, 0.29) is 5.91 Å². The molecular formula is C20H16N4O. The SMILES string of the molecule is Cc1ccc(-n2ncc3c(NC(=O)c4ccccc4)cccc32)cn1. The van der Waals surface area contributed by atoms with Crippen molar-refractivity contribution in [3.63, 3.8) is 0 Å². The van der Waals surface area contributed by atoms with E-state index < -0.39 is 0 Å². The second-order valence-electron chi connectivity index (χ2n) is 5.77. The lowest BCUT2D eigenvalue weighted by molar-refractivity contribution is 0.102. The molecule has 1 N–H and O–H groups in total. The van der Waals surface area contributed by atoms with Crippen LogP contribution in [-0.4, -0.2) is 20.7 Å². The summed E-state index contributed by atoms with van der Waals surface area (Å²) >= 11 is 0. The fourth-order valence-corrected chi connectivity index (χ4v) is 2.74. The number of benzene rings is 2. The highest BCUT2D eigenvalue weighted by atomic mass is 16.1. The number of fused-ring (bicyclic) bond motifs is 1. The minimum atomic E-state index is -0.141. The quantitative estimate of drug-likeness (QED) is 0.619. The standard InChI is InChI=1S/C20H16N4O/c1-14-10-11-16(12-21-14)24-19-9-5-8-18(17(19)13-22-24)23-20(25)15-6-3-2-4-7-15/h2-13H,1H3,(H,23,25). The lowest BCUT2D eigenvalue weighted by Gasteiger charge is -2.08. The zero-order chi connectivity index (χ0) is 17.2. The number of aromatic nitrogens is 3. The molecule has 0 aliphatic carbocycles. The maximum atomic E-state index is 12.4. The molecule has 0 atom stereocenters. The van der Waals surface area contributed by atoms with Crippen LogP contribution in [0.2, 0.25) is 0 Å². The third-order valence-electron chi connectivity index (χ3n) is 4.04. The van der Waals surface area contributed by atoms with Crippen molar-refractivity contribution in [3.8, 4) is 5.69 Å². The van der Waals surface area contributed by atoms with Crippen molar-refractivity contribution in [2.45, 2.75) is 6.92 Å². The Hall–Kier alpha value is -3.47. The van der Waals surface area contributed by atoms with Gasteiger partial charge >= 0.3 is 0 Å². The monoisotopic (exact) mass is 328 g/mol. The Kier molecular flexibility index (Phi) is 3.74. The van der Waals surface area contributed by atoms with Gasteiger partial charge in [-0.2, -0.15) is 5.10 Å². The summed E-state index contributed by atoms with van der Waals surface area (Å²) in [5.41, 5.74) is 4.10. The van der Waals surface area contributed by atoms with E-state index in [1.165, 1.54) is 0 Å². The van der Waals surface area contributed by atoms with Crippen LogP contribution in [0.1, 0.15) is 16.1 Å². The zero-order valence-electron chi connectivity index (χ0n) is 13.7. The first kappa shape index (κ1) is 15.1. The van der Waals surface area contributed by atoms with Crippen molar-refractivity contribution in [3.05, 3.63) is 84.3 Å². The van der Waals surface area contributed by atoms with Crippen molar-refractivity contribution in [1.82, 2.24) is 14.8 Å². The number of hydrogen-bond acceptors (Lipinski definition) is 3. The van der Waals surface area contributed by atoms with Gasteiger partial charge in [0.15, 0.2) is 0 Å². The van der Waals surface area contributed by atoms with Gasteiger partial charge < -0.3 is 5.32 Å². The van der Waals surface area contributed by atoms with Gasteiger partial charge in [0.05, 0.1) is 29.3 Å². The molecule has 1 amide bonds. The highest BCUT2D eigenvalue weighted by Gasteiger charge is 2.11. The van der Waals surface area contributed by atoms with Crippen molar-refractivity contribution in [2.24, 2.45) is 0 Å². The Morgan fingerprint density at radius 1 is 0.960 bits per heavy atom. The molecule has 4 rings (SSSR count). The predicted octanol–water partition coefficient (Wildman–Crippen LogP) is 3.98. The Morgan fingerprint density at radius 2 is 1.80 bits per heavy atom. The fourth-order valence-electron chi connectivity index (χ4n) is 2.74. The van der Waals surface area contributed by atoms with E-state index in [2.05, 4.69) is 15.4 Å². The van der Waals surface area contributed by atoms with Gasteiger partial charge in [-0.1, -0.05) is 24.3 Å². The molecule has 25 heavy (non-hydrogen) atoms. The minimum Gasteiger partial charge on any atom is -0.321 e. The molecule has 5 heteroatoms. The van der Waals surface area contributed by atoms with E-state index in [0.717, 1.165) is 28.0 Å². The van der Waals surface area contributed by atoms with E-state index in [1.807, 2.05) is 60.1 Å². The highest BCUT2D eigenvalue weighted by molar-refractivity contribution is 6.08. The Labute approximate surface area is 144 Å². The smallest absolute Gasteiger partial charge is 0.255 e. The van der Waals surface area contributed by atoms with Crippen LogP contribution in [0.5, 0.6) is 0 Å². The Morgan fingerprint density at radius 3 is 2.56 bits per heavy atom. The summed E-state index contributed by atoms with van der Waals surface area (Å²) in [7, 11) is 0. The number of pyridine rings is 1. The van der Waals surface area contributed by atoms with Crippen LogP contribution in [0.25, 0.3) is 16.6 Å². The van der Waals surface area contributed by atoms with Gasteiger partial charge in [-0.15, -0.1) is 0 Å². The van der Waals surface area contributed by atoms with Crippen LogP contribution in [0.3, 0.4) is 0 Å². The van der Waals surface area contributed by atoms with E-state index in [9.17, 15) is 4.79 Å². The first-order chi connectivity index (χ1) is 12.2. The van der Waals surface area contributed by atoms with Crippen molar-refractivity contribution in [1.29, 1.82) is 0 Å². The van der Waals surface area contributed by atoms with Gasteiger partial charge in [-0.3, -0.25) is 9.78 Å². The average molecular weight is 328 g/mol. The van der Waals surface area contributed by atoms with Crippen LogP contribution in [-0.2, 0) is 0 Å². The average Bonchev–Trinajstić information content (AvgIpc) is 3.08. The molecule has 0 unspecified atom stereocenters. The molecule has 0 aliphatic rings. The molecule has 0 spiro atoms. The normalized spacial score (nSPS) is 10.8. The predicted molar refractivity (Wildman–Crippen MR) is 98.0 cm³/mol. The minimum absolute atomic E-state index is 0.141. The van der Waals surface area contributed by atoms with Crippen LogP contribution in [0.15, 0.2) is 73.1 Å². The van der Waals surface area contributed by atoms with Gasteiger partial charge in [0.2, 0.25) is 0 Å². The first-order valence-corrected chi connectivity index (χ1v) is 7.98. The van der Waals surface area contributed by atoms with Gasteiger partial charge in [-0.25, -0.2) is 4.68 Å². The number of anilines is 1. The zero-order valence-corrected chi connectivity index (χ0v) is 13.7. The van der Waals surface area contributed by atoms with Gasteiger partial charge in [0.1, 0.15) is 0 Å². The van der Waals surface area contributed by atoms with Crippen molar-refractivity contribution in [2.75, 3.05) is 5.32 Å². The topological polar surface area (TPSA) is 59.8 Å². The maximum absolute atomic E-state index is 12.4. The molecule has 0 fully saturated rings. The van der Waals surface area contributed by atoms with Gasteiger partial charge in [0, 0.05) is 16.6 Å². The molecule has 5 nitrogen and oxygen atoms in total. The molecular weight excluding hydrogens is 312 g/mol. The molecule has 0 aliphatic heterocycles. The summed E-state index contributed by atoms with van der Waals surface area (Å²) in [6, 6.07) is 18.8. The van der Waals surface area contributed by atoms with Crippen LogP contribution < -0.4 is 5.32 Å². The van der Waals surface area contributed by atoms with Crippen LogP contribution in [0, 0.1) is 6.92 Å². The van der Waals surface area contributed by atoms with Crippen LogP contribution in [0.4, 0.5) is 5.69 Å². The van der Waals surface area contributed by atoms with E-state index in [1.54, 1.807) is 24.5 Å². The molecule has 0 bridgehead atoms. The summed E-state index contributed by atoms with van der Waals surface area (Å²) in [5.74, 6) is -0.141. The first-order valence-electron chi connectivity index (χ1n) is 7.98. The van der Waals surface area contributed by atoms with Crippen LogP contribution >= 0.6 is 0 Å². The maximum Gasteiger partial charge on any atom is 0.255 e. The highest BCUT2D eigenvalue weighted by Crippen LogP contribution is 2.25. The third kappa shape index (κ3) is 2.87. The molecule has 0 saturated heterocycles. The molecule has 2 heterocycles. The number of amides is 1. The summed E-state index contributed by atoms with van der Waals surface area (Å²) in [4.78, 5) is 16.7. The molecule has 122 valence electrons. The second-order valence-corrected chi connectivity index (χ2v) is 5.77. The number of nitrogens with one attached hydrogen (secondary N) is 1. The second kappa shape index (κ2) is 6.20. The fraction of sp³-hybridized carbons (Fsp3) is 0.0500. The lowest BCUT2D eigenvalue weighted by Crippen LogP contribution is -2.11. The summed E-state index contributed by atoms with van der Waals surface area (Å²) in [6.45, 7) is 1.95. The Balaban J connectivity index is 1.72. The number of carbonyl (C=O) groups is 1. The number of carbonyl (C=O) groups excluding carboxylic acids is 1. The third-order valence-corrected chi connectivity index (χ3v) is 4.04. The summed E-state index contributed by atoms with van der Waals surface area (Å²) in [5, 5.41) is 8.31. The van der Waals surface area contributed by atoms with Gasteiger partial charge in [-0.05, 0) is 43.3 Å². The summed E-state index contributed by atoms with van der Waals surface area (Å²) < 4.78 is 1.82.